The molecule has 0 unspecified atom stereocenters. The third-order valence-corrected chi connectivity index (χ3v) is 3.97. The number of carboxylic acid groups (broad SMARTS) is 1. The van der Waals surface area contributed by atoms with E-state index in [1.54, 1.807) is 18.2 Å². The summed E-state index contributed by atoms with van der Waals surface area (Å²) in [4.78, 5) is 11.3. The van der Waals surface area contributed by atoms with Gasteiger partial charge in [-0.05, 0) is 24.3 Å². The van der Waals surface area contributed by atoms with Crippen LogP contribution in [0.2, 0.25) is 20.1 Å². The molecule has 2 nitrogen and oxygen atoms in total. The molecule has 1 N–H and O–H groups in total. The fourth-order valence-corrected chi connectivity index (χ4v) is 2.70. The molecule has 0 saturated carbocycles. The number of hydrogen-bond acceptors (Lipinski definition) is 1. The van der Waals surface area contributed by atoms with Gasteiger partial charge in [0.1, 0.15) is 0 Å². The normalized spacial score (nSPS) is 10.5. The lowest BCUT2D eigenvalue weighted by Crippen LogP contribution is -2.00. The van der Waals surface area contributed by atoms with Crippen molar-refractivity contribution in [1.29, 1.82) is 0 Å². The number of benzene rings is 2. The zero-order valence-electron chi connectivity index (χ0n) is 9.25. The number of carboxylic acids is 1. The highest BCUT2D eigenvalue weighted by molar-refractivity contribution is 6.47. The summed E-state index contributed by atoms with van der Waals surface area (Å²) in [5.74, 6) is -1.12. The van der Waals surface area contributed by atoms with Crippen LogP contribution in [0.15, 0.2) is 30.3 Å². The summed E-state index contributed by atoms with van der Waals surface area (Å²) in [5.41, 5.74) is 0.589. The van der Waals surface area contributed by atoms with Crippen LogP contribution < -0.4 is 0 Å². The highest BCUT2D eigenvalue weighted by atomic mass is 35.5. The van der Waals surface area contributed by atoms with Crippen LogP contribution in [0.3, 0.4) is 0 Å². The first-order valence-electron chi connectivity index (χ1n) is 5.09. The Bertz CT molecular complexity index is 668. The van der Waals surface area contributed by atoms with Crippen LogP contribution in [-0.4, -0.2) is 11.1 Å². The second kappa shape index (κ2) is 5.59. The van der Waals surface area contributed by atoms with Gasteiger partial charge in [0.2, 0.25) is 0 Å². The first-order chi connectivity index (χ1) is 8.93. The number of carbonyl (C=O) groups is 1. The quantitative estimate of drug-likeness (QED) is 0.718. The summed E-state index contributed by atoms with van der Waals surface area (Å²) < 4.78 is 0. The maximum atomic E-state index is 11.3. The second-order valence-electron chi connectivity index (χ2n) is 3.69. The predicted molar refractivity (Wildman–Crippen MR) is 78.9 cm³/mol. The Morgan fingerprint density at radius 1 is 0.842 bits per heavy atom. The van der Waals surface area contributed by atoms with E-state index < -0.39 is 5.97 Å². The molecule has 0 bridgehead atoms. The molecule has 0 aliphatic rings. The van der Waals surface area contributed by atoms with Crippen molar-refractivity contribution in [1.82, 2.24) is 0 Å². The standard InChI is InChI=1S/C13H6Cl4O2/c14-7-3-1-2-6(13(18)19)10(7)11-8(15)4-5-9(16)12(11)17/h1-5H,(H,18,19). The lowest BCUT2D eigenvalue weighted by molar-refractivity contribution is 0.0698. The largest absolute Gasteiger partial charge is 0.478 e. The topological polar surface area (TPSA) is 37.3 Å². The Hall–Kier alpha value is -0.930. The second-order valence-corrected chi connectivity index (χ2v) is 5.29. The molecular weight excluding hydrogens is 330 g/mol. The van der Waals surface area contributed by atoms with E-state index in [4.69, 9.17) is 46.4 Å². The van der Waals surface area contributed by atoms with Crippen molar-refractivity contribution >= 4 is 52.4 Å². The molecule has 0 aromatic heterocycles. The molecule has 0 radical (unpaired) electrons. The minimum Gasteiger partial charge on any atom is -0.478 e. The van der Waals surface area contributed by atoms with Gasteiger partial charge in [-0.15, -0.1) is 0 Å². The van der Waals surface area contributed by atoms with E-state index >= 15 is 0 Å². The van der Waals surface area contributed by atoms with Crippen molar-refractivity contribution in [3.05, 3.63) is 56.0 Å². The molecule has 0 saturated heterocycles. The Morgan fingerprint density at radius 2 is 1.42 bits per heavy atom. The average molecular weight is 336 g/mol. The molecule has 0 amide bonds. The monoisotopic (exact) mass is 334 g/mol. The summed E-state index contributed by atoms with van der Waals surface area (Å²) in [6.07, 6.45) is 0. The molecule has 98 valence electrons. The van der Waals surface area contributed by atoms with E-state index in [1.165, 1.54) is 12.1 Å². The van der Waals surface area contributed by atoms with E-state index in [0.29, 0.717) is 5.56 Å². The van der Waals surface area contributed by atoms with Crippen LogP contribution in [0.25, 0.3) is 11.1 Å². The lowest BCUT2D eigenvalue weighted by atomic mass is 9.99. The van der Waals surface area contributed by atoms with Crippen molar-refractivity contribution in [2.24, 2.45) is 0 Å². The molecule has 6 heteroatoms. The maximum absolute atomic E-state index is 11.3. The van der Waals surface area contributed by atoms with E-state index in [1.807, 2.05) is 0 Å². The SMILES string of the molecule is O=C(O)c1cccc(Cl)c1-c1c(Cl)ccc(Cl)c1Cl. The van der Waals surface area contributed by atoms with Crippen LogP contribution in [-0.2, 0) is 0 Å². The van der Waals surface area contributed by atoms with E-state index in [9.17, 15) is 9.90 Å². The Labute approximate surface area is 129 Å². The molecule has 0 spiro atoms. The number of rotatable bonds is 2. The molecule has 0 heterocycles. The van der Waals surface area contributed by atoms with Crippen LogP contribution in [0.1, 0.15) is 10.4 Å². The van der Waals surface area contributed by atoms with E-state index in [2.05, 4.69) is 0 Å². The van der Waals surface area contributed by atoms with Crippen molar-refractivity contribution in [2.75, 3.05) is 0 Å². The molecule has 0 aliphatic carbocycles. The van der Waals surface area contributed by atoms with Gasteiger partial charge in [0, 0.05) is 16.1 Å². The Morgan fingerprint density at radius 3 is 2.05 bits per heavy atom. The van der Waals surface area contributed by atoms with Gasteiger partial charge < -0.3 is 5.11 Å². The number of halogens is 4. The van der Waals surface area contributed by atoms with Crippen molar-refractivity contribution < 1.29 is 9.90 Å². The van der Waals surface area contributed by atoms with Gasteiger partial charge in [0.05, 0.1) is 20.6 Å². The summed E-state index contributed by atoms with van der Waals surface area (Å²) in [7, 11) is 0. The first kappa shape index (κ1) is 14.5. The van der Waals surface area contributed by atoms with Gasteiger partial charge in [-0.1, -0.05) is 52.5 Å². The third-order valence-electron chi connectivity index (χ3n) is 2.54. The molecule has 2 aromatic carbocycles. The molecule has 0 fully saturated rings. The van der Waals surface area contributed by atoms with Crippen LogP contribution in [0.5, 0.6) is 0 Å². The summed E-state index contributed by atoms with van der Waals surface area (Å²) >= 11 is 24.2. The van der Waals surface area contributed by atoms with E-state index in [0.717, 1.165) is 0 Å². The van der Waals surface area contributed by atoms with Gasteiger partial charge in [-0.25, -0.2) is 4.79 Å². The van der Waals surface area contributed by atoms with Gasteiger partial charge in [0.25, 0.3) is 0 Å². The van der Waals surface area contributed by atoms with Gasteiger partial charge >= 0.3 is 5.97 Å². The zero-order valence-corrected chi connectivity index (χ0v) is 12.3. The lowest BCUT2D eigenvalue weighted by Gasteiger charge is -2.13. The van der Waals surface area contributed by atoms with Crippen molar-refractivity contribution in [3.63, 3.8) is 0 Å². The molecule has 19 heavy (non-hydrogen) atoms. The van der Waals surface area contributed by atoms with Crippen LogP contribution in [0.4, 0.5) is 0 Å². The zero-order chi connectivity index (χ0) is 14.2. The summed E-state index contributed by atoms with van der Waals surface area (Å²) in [6, 6.07) is 7.61. The molecular formula is C13H6Cl4O2. The molecule has 0 atom stereocenters. The van der Waals surface area contributed by atoms with Crippen molar-refractivity contribution in [2.45, 2.75) is 0 Å². The summed E-state index contributed by atoms with van der Waals surface area (Å²) in [5, 5.41) is 10.2. The molecule has 2 rings (SSSR count). The molecule has 0 aliphatic heterocycles. The average Bonchev–Trinajstić information content (AvgIpc) is 2.36. The minimum absolute atomic E-state index is 0.0126. The highest BCUT2D eigenvalue weighted by Gasteiger charge is 2.20. The van der Waals surface area contributed by atoms with Crippen LogP contribution >= 0.6 is 46.4 Å². The number of hydrogen-bond donors (Lipinski definition) is 1. The maximum Gasteiger partial charge on any atom is 0.336 e. The van der Waals surface area contributed by atoms with Gasteiger partial charge in [-0.2, -0.15) is 0 Å². The summed E-state index contributed by atoms with van der Waals surface area (Å²) in [6.45, 7) is 0. The Balaban J connectivity index is 2.87. The van der Waals surface area contributed by atoms with Crippen LogP contribution in [0, 0.1) is 0 Å². The third kappa shape index (κ3) is 2.67. The highest BCUT2D eigenvalue weighted by Crippen LogP contribution is 2.43. The van der Waals surface area contributed by atoms with Crippen molar-refractivity contribution in [3.8, 4) is 11.1 Å². The molecule has 2 aromatic rings. The predicted octanol–water partition coefficient (Wildman–Crippen LogP) is 5.67. The van der Waals surface area contributed by atoms with E-state index in [-0.39, 0.29) is 31.2 Å². The fraction of sp³-hybridized carbons (Fsp3) is 0. The minimum atomic E-state index is -1.12. The smallest absolute Gasteiger partial charge is 0.336 e. The number of aromatic carboxylic acids is 1. The first-order valence-corrected chi connectivity index (χ1v) is 6.60. The van der Waals surface area contributed by atoms with Gasteiger partial charge in [0.15, 0.2) is 0 Å². The Kier molecular flexibility index (Phi) is 4.26. The fourth-order valence-electron chi connectivity index (χ4n) is 1.71. The van der Waals surface area contributed by atoms with Gasteiger partial charge in [-0.3, -0.25) is 0 Å².